The Hall–Kier alpha value is -0.660. The molecule has 5 saturated carbocycles. The van der Waals surface area contributed by atoms with Crippen molar-refractivity contribution in [2.45, 2.75) is 78.2 Å². The van der Waals surface area contributed by atoms with E-state index in [0.717, 1.165) is 36.5 Å². The van der Waals surface area contributed by atoms with E-state index < -0.39 is 0 Å². The van der Waals surface area contributed by atoms with Gasteiger partial charge in [0.1, 0.15) is 0 Å². The highest BCUT2D eigenvalue weighted by Gasteiger charge is 2.77. The average molecular weight is 315 g/mol. The molecule has 0 aromatic carbocycles. The molecule has 0 spiro atoms. The van der Waals surface area contributed by atoms with E-state index in [1.165, 1.54) is 38.5 Å². The summed E-state index contributed by atoms with van der Waals surface area (Å²) >= 11 is 0. The van der Waals surface area contributed by atoms with Crippen LogP contribution < -0.4 is 5.11 Å². The quantitative estimate of drug-likeness (QED) is 0.714. The van der Waals surface area contributed by atoms with Crippen molar-refractivity contribution >= 4 is 0 Å². The Bertz CT molecular complexity index is 568. The predicted molar refractivity (Wildman–Crippen MR) is 88.2 cm³/mol. The van der Waals surface area contributed by atoms with Gasteiger partial charge in [0.2, 0.25) is 0 Å². The highest BCUT2D eigenvalue weighted by molar-refractivity contribution is 5.26. The Balaban J connectivity index is 1.55. The van der Waals surface area contributed by atoms with Crippen LogP contribution in [0.5, 0.6) is 0 Å². The molecule has 2 nitrogen and oxygen atoms in total. The Morgan fingerprint density at radius 3 is 2.70 bits per heavy atom. The van der Waals surface area contributed by atoms with Crippen LogP contribution in [0.25, 0.3) is 0 Å². The summed E-state index contributed by atoms with van der Waals surface area (Å²) in [4.78, 5) is 0. The summed E-state index contributed by atoms with van der Waals surface area (Å²) in [7, 11) is 0. The van der Waals surface area contributed by atoms with Gasteiger partial charge in [-0.15, -0.1) is 0 Å². The third-order valence-corrected chi connectivity index (χ3v) is 9.46. The van der Waals surface area contributed by atoms with Crippen LogP contribution in [0.2, 0.25) is 0 Å². The molecular weight excluding hydrogens is 284 g/mol. The lowest BCUT2D eigenvalue weighted by Crippen LogP contribution is -2.54. The second kappa shape index (κ2) is 4.29. The minimum atomic E-state index is -0.111. The fourth-order valence-electron chi connectivity index (χ4n) is 9.08. The van der Waals surface area contributed by atoms with Gasteiger partial charge in [0.15, 0.2) is 0 Å². The predicted octanol–water partition coefficient (Wildman–Crippen LogP) is 4.25. The van der Waals surface area contributed by atoms with Crippen LogP contribution in [0.4, 0.5) is 0 Å². The van der Waals surface area contributed by atoms with E-state index in [0.29, 0.717) is 16.2 Å². The van der Waals surface area contributed by atoms with Gasteiger partial charge >= 0.3 is 0 Å². The topological polar surface area (TPSA) is 32.3 Å². The maximum atomic E-state index is 11.9. The van der Waals surface area contributed by atoms with E-state index in [1.54, 1.807) is 13.0 Å². The molecule has 23 heavy (non-hydrogen) atoms. The lowest BCUT2D eigenvalue weighted by Gasteiger charge is -2.59. The van der Waals surface area contributed by atoms with Crippen LogP contribution in [0.1, 0.15) is 72.1 Å². The molecule has 8 atom stereocenters. The number of fused-ring (bicyclic) bond motifs is 5. The average Bonchev–Trinajstić information content (AvgIpc) is 3.18. The highest BCUT2D eigenvalue weighted by Crippen LogP contribution is 2.84. The first-order valence-electron chi connectivity index (χ1n) is 9.94. The number of allylic oxidation sites excluding steroid dienone is 1. The van der Waals surface area contributed by atoms with E-state index in [-0.39, 0.29) is 12.0 Å². The maximum absolute atomic E-state index is 11.9. The smallest absolute Gasteiger partial charge is 0.0471 e. The van der Waals surface area contributed by atoms with Gasteiger partial charge in [-0.1, -0.05) is 26.3 Å². The van der Waals surface area contributed by atoms with Crippen LogP contribution >= 0.6 is 0 Å². The van der Waals surface area contributed by atoms with E-state index in [1.807, 2.05) is 0 Å². The molecule has 0 amide bonds. The van der Waals surface area contributed by atoms with Crippen LogP contribution in [0, 0.1) is 39.9 Å². The minimum absolute atomic E-state index is 0.111. The van der Waals surface area contributed by atoms with E-state index >= 15 is 0 Å². The molecule has 4 bridgehead atoms. The first kappa shape index (κ1) is 14.7. The molecule has 0 aromatic rings. The van der Waals surface area contributed by atoms with Gasteiger partial charge in [-0.3, -0.25) is 0 Å². The molecular formula is C21H31O2-. The van der Waals surface area contributed by atoms with E-state index in [2.05, 4.69) is 13.8 Å². The molecule has 0 saturated heterocycles. The molecule has 5 aliphatic carbocycles. The van der Waals surface area contributed by atoms with Gasteiger partial charge in [-0.05, 0) is 91.8 Å². The fourth-order valence-corrected chi connectivity index (χ4v) is 9.08. The number of hydrogen-bond donors (Lipinski definition) is 0. The van der Waals surface area contributed by atoms with Crippen LogP contribution in [-0.2, 0) is 4.74 Å². The third-order valence-electron chi connectivity index (χ3n) is 9.46. The van der Waals surface area contributed by atoms with Crippen molar-refractivity contribution in [3.63, 3.8) is 0 Å². The third kappa shape index (κ3) is 1.53. The zero-order valence-electron chi connectivity index (χ0n) is 14.9. The van der Waals surface area contributed by atoms with Gasteiger partial charge in [0, 0.05) is 12.0 Å². The summed E-state index contributed by atoms with van der Waals surface area (Å²) in [6, 6.07) is 0. The first-order chi connectivity index (χ1) is 10.9. The monoisotopic (exact) mass is 315 g/mol. The van der Waals surface area contributed by atoms with Gasteiger partial charge < -0.3 is 9.84 Å². The Labute approximate surface area is 140 Å². The molecule has 8 unspecified atom stereocenters. The molecule has 5 rings (SSSR count). The molecule has 128 valence electrons. The van der Waals surface area contributed by atoms with Crippen molar-refractivity contribution in [1.82, 2.24) is 0 Å². The standard InChI is InChI=1S/C21H32O2/c1-4-17(22)23-13-10-19(2)8-9-21(11-13)18(19)15-12-20(21,3)16-7-5-6-14(15)16/h4,13-16,18,22H,5-12H2,1-3H3/p-1. The van der Waals surface area contributed by atoms with Gasteiger partial charge in [0.25, 0.3) is 0 Å². The van der Waals surface area contributed by atoms with E-state index in [9.17, 15) is 5.11 Å². The van der Waals surface area contributed by atoms with Crippen molar-refractivity contribution in [1.29, 1.82) is 0 Å². The number of ether oxygens (including phenoxy) is 1. The van der Waals surface area contributed by atoms with Crippen molar-refractivity contribution in [3.05, 3.63) is 12.0 Å². The summed E-state index contributed by atoms with van der Waals surface area (Å²) in [6.45, 7) is 6.96. The van der Waals surface area contributed by atoms with Crippen LogP contribution in [0.15, 0.2) is 12.0 Å². The maximum Gasteiger partial charge on any atom is 0.0471 e. The molecule has 2 heteroatoms. The summed E-state index contributed by atoms with van der Waals surface area (Å²) in [6.07, 6.45) is 12.7. The second-order valence-corrected chi connectivity index (χ2v) is 10.0. The van der Waals surface area contributed by atoms with Crippen molar-refractivity contribution < 1.29 is 9.84 Å². The summed E-state index contributed by atoms with van der Waals surface area (Å²) in [5.41, 5.74) is 1.43. The van der Waals surface area contributed by atoms with Crippen LogP contribution in [-0.4, -0.2) is 6.10 Å². The number of rotatable bonds is 2. The van der Waals surface area contributed by atoms with Gasteiger partial charge in [-0.2, -0.15) is 0 Å². The Morgan fingerprint density at radius 2 is 1.91 bits per heavy atom. The normalized spacial score (nSPS) is 60.0. The minimum Gasteiger partial charge on any atom is -0.610 e. The lowest BCUT2D eigenvalue weighted by atomic mass is 9.47. The largest absolute Gasteiger partial charge is 0.610 e. The first-order valence-corrected chi connectivity index (χ1v) is 9.94. The Morgan fingerprint density at radius 1 is 1.09 bits per heavy atom. The Kier molecular flexibility index (Phi) is 2.74. The number of hydrogen-bond acceptors (Lipinski definition) is 2. The summed E-state index contributed by atoms with van der Waals surface area (Å²) < 4.78 is 5.86. The van der Waals surface area contributed by atoms with Crippen molar-refractivity contribution in [3.8, 4) is 0 Å². The molecule has 0 radical (unpaired) electrons. The van der Waals surface area contributed by atoms with Crippen molar-refractivity contribution in [2.24, 2.45) is 39.9 Å². The molecule has 0 aromatic heterocycles. The lowest BCUT2D eigenvalue weighted by molar-refractivity contribution is -0.367. The molecule has 0 heterocycles. The summed E-state index contributed by atoms with van der Waals surface area (Å²) in [5, 5.41) is 11.9. The SMILES string of the molecule is CC=C([O-])OC1CC2(C)CCC3(C1)C2C1CC3(C)C2CCCC12. The highest BCUT2D eigenvalue weighted by atomic mass is 16.6. The summed E-state index contributed by atoms with van der Waals surface area (Å²) in [5.74, 6) is 3.78. The molecule has 5 fully saturated rings. The zero-order valence-corrected chi connectivity index (χ0v) is 14.9. The van der Waals surface area contributed by atoms with Gasteiger partial charge in [0.05, 0.1) is 0 Å². The molecule has 5 aliphatic rings. The fraction of sp³-hybridized carbons (Fsp3) is 0.905. The second-order valence-electron chi connectivity index (χ2n) is 10.0. The zero-order chi connectivity index (χ0) is 16.0. The molecule has 0 aliphatic heterocycles. The van der Waals surface area contributed by atoms with E-state index in [4.69, 9.17) is 4.74 Å². The van der Waals surface area contributed by atoms with Crippen LogP contribution in [0.3, 0.4) is 0 Å². The van der Waals surface area contributed by atoms with Gasteiger partial charge in [-0.25, -0.2) is 0 Å². The molecule has 0 N–H and O–H groups in total. The van der Waals surface area contributed by atoms with Crippen molar-refractivity contribution in [2.75, 3.05) is 0 Å².